The Morgan fingerprint density at radius 1 is 1.07 bits per heavy atom. The number of fused-ring (bicyclic) bond motifs is 1. The lowest BCUT2D eigenvalue weighted by Gasteiger charge is -2.40. The maximum Gasteiger partial charge on any atom is 0.337 e. The summed E-state index contributed by atoms with van der Waals surface area (Å²) in [6.07, 6.45) is -0.647. The highest BCUT2D eigenvalue weighted by Crippen LogP contribution is 2.39. The van der Waals surface area contributed by atoms with E-state index in [1.807, 2.05) is 35.2 Å². The van der Waals surface area contributed by atoms with Gasteiger partial charge in [0.1, 0.15) is 11.6 Å². The number of ether oxygens (including phenoxy) is 1. The molecular formula is C34H38FN5O6. The maximum absolute atomic E-state index is 13.2. The molecule has 242 valence electrons. The summed E-state index contributed by atoms with van der Waals surface area (Å²) in [4.78, 5) is 44.9. The molecule has 0 bridgehead atoms. The summed E-state index contributed by atoms with van der Waals surface area (Å²) in [5.41, 5.74) is 0.530. The number of carboxylic acid groups (broad SMARTS) is 1. The van der Waals surface area contributed by atoms with Gasteiger partial charge in [0.2, 0.25) is 0 Å². The van der Waals surface area contributed by atoms with E-state index in [1.165, 1.54) is 34.8 Å². The number of nitrogens with one attached hydrogen (secondary N) is 1. The van der Waals surface area contributed by atoms with E-state index in [0.29, 0.717) is 54.2 Å². The van der Waals surface area contributed by atoms with Crippen LogP contribution in [0.5, 0.6) is 0 Å². The average molecular weight is 632 g/mol. The van der Waals surface area contributed by atoms with Crippen LogP contribution in [0.2, 0.25) is 0 Å². The first kappa shape index (κ1) is 32.7. The summed E-state index contributed by atoms with van der Waals surface area (Å²) in [5, 5.41) is 28.9. The van der Waals surface area contributed by atoms with Crippen LogP contribution in [0.4, 0.5) is 10.2 Å². The fourth-order valence-corrected chi connectivity index (χ4v) is 5.71. The van der Waals surface area contributed by atoms with Crippen LogP contribution in [0, 0.1) is 12.7 Å². The third-order valence-electron chi connectivity index (χ3n) is 7.96. The molecule has 1 aliphatic heterocycles. The number of piperidine rings is 1. The van der Waals surface area contributed by atoms with Crippen molar-refractivity contribution in [3.05, 3.63) is 94.6 Å². The van der Waals surface area contributed by atoms with Crippen molar-refractivity contribution >= 4 is 29.1 Å². The Kier molecular flexibility index (Phi) is 9.22. The second-order valence-electron chi connectivity index (χ2n) is 12.6. The summed E-state index contributed by atoms with van der Waals surface area (Å²) in [5.74, 6) is -2.09. The molecule has 4 aromatic rings. The predicted octanol–water partition coefficient (Wildman–Crippen LogP) is 4.15. The summed E-state index contributed by atoms with van der Waals surface area (Å²) in [7, 11) is 0. The number of nitrogens with zero attached hydrogens (tertiary/aromatic N) is 4. The van der Waals surface area contributed by atoms with E-state index in [1.54, 1.807) is 27.7 Å². The van der Waals surface area contributed by atoms with E-state index in [2.05, 4.69) is 15.4 Å². The van der Waals surface area contributed by atoms with E-state index < -0.39 is 35.0 Å². The smallest absolute Gasteiger partial charge is 0.337 e. The lowest BCUT2D eigenvalue weighted by Crippen LogP contribution is -2.44. The van der Waals surface area contributed by atoms with Crippen LogP contribution < -0.4 is 10.2 Å². The molecule has 0 spiro atoms. The molecule has 1 saturated heterocycles. The molecule has 3 heterocycles. The van der Waals surface area contributed by atoms with Gasteiger partial charge < -0.3 is 25.2 Å². The molecule has 12 heteroatoms. The quantitative estimate of drug-likeness (QED) is 0.235. The van der Waals surface area contributed by atoms with Gasteiger partial charge in [-0.25, -0.2) is 14.2 Å². The van der Waals surface area contributed by atoms with Crippen LogP contribution in [0.3, 0.4) is 0 Å². The number of carbonyl (C=O) groups is 3. The second kappa shape index (κ2) is 13.0. The zero-order valence-electron chi connectivity index (χ0n) is 26.3. The van der Waals surface area contributed by atoms with Crippen molar-refractivity contribution in [1.29, 1.82) is 0 Å². The van der Waals surface area contributed by atoms with Gasteiger partial charge in [0.15, 0.2) is 23.2 Å². The minimum atomic E-state index is -1.40. The van der Waals surface area contributed by atoms with Crippen LogP contribution in [0.25, 0.3) is 5.65 Å². The molecule has 1 aliphatic rings. The highest BCUT2D eigenvalue weighted by atomic mass is 19.1. The molecular weight excluding hydrogens is 593 g/mol. The molecule has 1 unspecified atom stereocenters. The summed E-state index contributed by atoms with van der Waals surface area (Å²) in [6.45, 7) is 7.43. The highest BCUT2D eigenvalue weighted by Gasteiger charge is 2.39. The Morgan fingerprint density at radius 2 is 1.72 bits per heavy atom. The standard InChI is InChI=1S/C34H38FN5O6/c1-21-28(29(32(43)44)46-33(2,3)4)31(39-16-14-34(45,15-17-39)23-8-6-5-7-9-23)40-27(37-21)19-26(38-40)30(42)36-20-25(41)18-22-10-12-24(35)13-11-22/h5-13,19,29,45H,14-18,20H2,1-4H3,(H,36,42)(H,43,44). The Bertz CT molecular complexity index is 1740. The SMILES string of the molecule is Cc1nc2cc(C(=O)NCC(=O)Cc3ccc(F)cc3)nn2c(N2CCC(O)(c3ccccc3)CC2)c1C(OC(C)(C)C)C(=O)O. The van der Waals surface area contributed by atoms with E-state index in [-0.39, 0.29) is 24.4 Å². The molecule has 2 aromatic heterocycles. The number of amides is 1. The number of rotatable bonds is 10. The summed E-state index contributed by atoms with van der Waals surface area (Å²) in [6, 6.07) is 16.5. The number of aliphatic hydroxyl groups is 1. The third kappa shape index (κ3) is 7.24. The van der Waals surface area contributed by atoms with E-state index >= 15 is 0 Å². The molecule has 0 saturated carbocycles. The number of Topliss-reactive ketones (excluding diaryl/α,β-unsaturated/α-hetero) is 1. The van der Waals surface area contributed by atoms with Gasteiger partial charge in [-0.05, 0) is 63.8 Å². The number of hydrogen-bond donors (Lipinski definition) is 3. The number of carbonyl (C=O) groups excluding carboxylic acids is 2. The Labute approximate surface area is 266 Å². The van der Waals surface area contributed by atoms with Crippen molar-refractivity contribution in [3.63, 3.8) is 0 Å². The van der Waals surface area contributed by atoms with Crippen molar-refractivity contribution in [2.75, 3.05) is 24.5 Å². The predicted molar refractivity (Wildman–Crippen MR) is 168 cm³/mol. The van der Waals surface area contributed by atoms with Gasteiger partial charge in [0.25, 0.3) is 5.91 Å². The number of anilines is 1. The molecule has 0 aliphatic carbocycles. The average Bonchev–Trinajstić information content (AvgIpc) is 3.43. The van der Waals surface area contributed by atoms with Crippen LogP contribution in [-0.4, -0.2) is 67.7 Å². The van der Waals surface area contributed by atoms with Crippen LogP contribution in [-0.2, 0) is 26.3 Å². The van der Waals surface area contributed by atoms with Crippen LogP contribution >= 0.6 is 0 Å². The number of carboxylic acids is 1. The monoisotopic (exact) mass is 631 g/mol. The fourth-order valence-electron chi connectivity index (χ4n) is 5.71. The van der Waals surface area contributed by atoms with Gasteiger partial charge in [-0.15, -0.1) is 0 Å². The lowest BCUT2D eigenvalue weighted by molar-refractivity contribution is -0.160. The minimum absolute atomic E-state index is 0.0127. The number of hydrogen-bond acceptors (Lipinski definition) is 8. The van der Waals surface area contributed by atoms with Crippen molar-refractivity contribution in [2.45, 2.75) is 64.3 Å². The number of aliphatic carboxylic acids is 1. The number of ketones is 1. The number of aromatic nitrogens is 3. The minimum Gasteiger partial charge on any atom is -0.479 e. The van der Waals surface area contributed by atoms with Gasteiger partial charge in [-0.2, -0.15) is 9.61 Å². The first-order chi connectivity index (χ1) is 21.7. The van der Waals surface area contributed by atoms with Crippen molar-refractivity contribution in [2.24, 2.45) is 0 Å². The molecule has 1 amide bonds. The Morgan fingerprint density at radius 3 is 2.33 bits per heavy atom. The lowest BCUT2D eigenvalue weighted by atomic mass is 9.84. The van der Waals surface area contributed by atoms with Gasteiger partial charge in [0, 0.05) is 31.3 Å². The maximum atomic E-state index is 13.2. The van der Waals surface area contributed by atoms with Gasteiger partial charge >= 0.3 is 5.97 Å². The number of benzene rings is 2. The normalized spacial score (nSPS) is 15.5. The van der Waals surface area contributed by atoms with Gasteiger partial charge in [0.05, 0.1) is 23.3 Å². The number of halogens is 1. The van der Waals surface area contributed by atoms with E-state index in [9.17, 15) is 29.0 Å². The van der Waals surface area contributed by atoms with E-state index in [0.717, 1.165) is 5.56 Å². The first-order valence-corrected chi connectivity index (χ1v) is 15.1. The molecule has 46 heavy (non-hydrogen) atoms. The Hall–Kier alpha value is -4.68. The summed E-state index contributed by atoms with van der Waals surface area (Å²) < 4.78 is 20.7. The van der Waals surface area contributed by atoms with Crippen molar-refractivity contribution < 1.29 is 33.7 Å². The van der Waals surface area contributed by atoms with E-state index in [4.69, 9.17) is 4.74 Å². The van der Waals surface area contributed by atoms with Crippen molar-refractivity contribution in [1.82, 2.24) is 19.9 Å². The molecule has 5 rings (SSSR count). The molecule has 3 N–H and O–H groups in total. The largest absolute Gasteiger partial charge is 0.479 e. The molecule has 2 aromatic carbocycles. The first-order valence-electron chi connectivity index (χ1n) is 15.1. The summed E-state index contributed by atoms with van der Waals surface area (Å²) >= 11 is 0. The number of aryl methyl sites for hydroxylation is 1. The molecule has 1 atom stereocenters. The molecule has 1 fully saturated rings. The van der Waals surface area contributed by atoms with Gasteiger partial charge in [-0.1, -0.05) is 42.5 Å². The second-order valence-corrected chi connectivity index (χ2v) is 12.6. The van der Waals surface area contributed by atoms with Crippen LogP contribution in [0.1, 0.15) is 72.6 Å². The molecule has 0 radical (unpaired) electrons. The zero-order chi connectivity index (χ0) is 33.2. The Balaban J connectivity index is 1.47. The highest BCUT2D eigenvalue weighted by molar-refractivity contribution is 5.96. The van der Waals surface area contributed by atoms with Gasteiger partial charge in [-0.3, -0.25) is 9.59 Å². The third-order valence-corrected chi connectivity index (χ3v) is 7.96. The fraction of sp³-hybridized carbons (Fsp3) is 0.382. The van der Waals surface area contributed by atoms with Crippen molar-refractivity contribution in [3.8, 4) is 0 Å². The van der Waals surface area contributed by atoms with Crippen LogP contribution in [0.15, 0.2) is 60.7 Å². The molecule has 11 nitrogen and oxygen atoms in total. The zero-order valence-corrected chi connectivity index (χ0v) is 26.3. The topological polar surface area (TPSA) is 146 Å².